The highest BCUT2D eigenvalue weighted by Crippen LogP contribution is 2.27. The minimum atomic E-state index is -0.253. The summed E-state index contributed by atoms with van der Waals surface area (Å²) in [5.41, 5.74) is 3.57. The van der Waals surface area contributed by atoms with Gasteiger partial charge in [0, 0.05) is 36.4 Å². The van der Waals surface area contributed by atoms with Crippen LogP contribution in [0, 0.1) is 6.92 Å². The van der Waals surface area contributed by atoms with Gasteiger partial charge < -0.3 is 19.5 Å². The molecule has 156 valence electrons. The maximum atomic E-state index is 11.8. The summed E-state index contributed by atoms with van der Waals surface area (Å²) in [5.74, 6) is 1.07. The monoisotopic (exact) mass is 427 g/mol. The number of hydrogen-bond donors (Lipinski definition) is 2. The predicted molar refractivity (Wildman–Crippen MR) is 117 cm³/mol. The van der Waals surface area contributed by atoms with Crippen LogP contribution in [0.25, 0.3) is 17.1 Å². The molecule has 4 aromatic rings. The number of ether oxygens (including phenoxy) is 1. The summed E-state index contributed by atoms with van der Waals surface area (Å²) < 4.78 is 12.8. The number of aromatic amines is 1. The molecule has 0 saturated carbocycles. The first-order chi connectivity index (χ1) is 14.1. The smallest absolute Gasteiger partial charge is 0.331 e. The molecule has 30 heavy (non-hydrogen) atoms. The zero-order valence-electron chi connectivity index (χ0n) is 16.6. The molecule has 1 aromatic carbocycles. The number of hydrogen-bond acceptors (Lipinski definition) is 6. The number of imidazole rings is 1. The van der Waals surface area contributed by atoms with Gasteiger partial charge in [-0.05, 0) is 43.2 Å². The van der Waals surface area contributed by atoms with Gasteiger partial charge in [-0.1, -0.05) is 12.1 Å². The normalized spacial score (nSPS) is 10.6. The number of aromatic nitrogens is 4. The van der Waals surface area contributed by atoms with Crippen LogP contribution in [0.5, 0.6) is 0 Å². The van der Waals surface area contributed by atoms with E-state index < -0.39 is 0 Å². The summed E-state index contributed by atoms with van der Waals surface area (Å²) in [6.07, 6.45) is 6.46. The second kappa shape index (κ2) is 9.43. The lowest BCUT2D eigenvalue weighted by Gasteiger charge is -2.09. The highest BCUT2D eigenvalue weighted by Gasteiger charge is 2.11. The summed E-state index contributed by atoms with van der Waals surface area (Å²) in [6.45, 7) is 5.21. The molecular formula is C21H22ClN5O3. The fraction of sp³-hybridized carbons (Fsp3) is 0.190. The average molecular weight is 428 g/mol. The Morgan fingerprint density at radius 3 is 2.87 bits per heavy atom. The Morgan fingerprint density at radius 1 is 1.23 bits per heavy atom. The van der Waals surface area contributed by atoms with Gasteiger partial charge >= 0.3 is 5.69 Å². The second-order valence-electron chi connectivity index (χ2n) is 6.48. The third kappa shape index (κ3) is 4.61. The summed E-state index contributed by atoms with van der Waals surface area (Å²) in [7, 11) is 0. The van der Waals surface area contributed by atoms with Crippen molar-refractivity contribution in [1.29, 1.82) is 0 Å². The van der Waals surface area contributed by atoms with Gasteiger partial charge in [0.1, 0.15) is 5.82 Å². The van der Waals surface area contributed by atoms with Gasteiger partial charge in [0.15, 0.2) is 5.76 Å². The first-order valence-electron chi connectivity index (χ1n) is 9.27. The molecule has 0 aliphatic heterocycles. The van der Waals surface area contributed by atoms with E-state index in [9.17, 15) is 4.79 Å². The van der Waals surface area contributed by atoms with Crippen molar-refractivity contribution in [2.75, 3.05) is 11.9 Å². The summed E-state index contributed by atoms with van der Waals surface area (Å²) in [5, 5.41) is 3.22. The van der Waals surface area contributed by atoms with Crippen molar-refractivity contribution >= 4 is 24.1 Å². The molecule has 0 aliphatic rings. The first kappa shape index (κ1) is 21.4. The fourth-order valence-electron chi connectivity index (χ4n) is 2.90. The molecule has 0 aliphatic carbocycles. The topological polar surface area (TPSA) is 98.0 Å². The van der Waals surface area contributed by atoms with Crippen LogP contribution in [0.15, 0.2) is 64.3 Å². The lowest BCUT2D eigenvalue weighted by molar-refractivity contribution is 0.134. The van der Waals surface area contributed by atoms with Gasteiger partial charge in [0.2, 0.25) is 0 Å². The van der Waals surface area contributed by atoms with Crippen molar-refractivity contribution in [2.45, 2.75) is 20.5 Å². The first-order valence-corrected chi connectivity index (χ1v) is 9.27. The van der Waals surface area contributed by atoms with Crippen molar-refractivity contribution in [2.24, 2.45) is 0 Å². The van der Waals surface area contributed by atoms with Crippen LogP contribution in [0.3, 0.4) is 0 Å². The van der Waals surface area contributed by atoms with Gasteiger partial charge in [0.05, 0.1) is 12.8 Å². The van der Waals surface area contributed by atoms with Crippen molar-refractivity contribution in [3.8, 4) is 17.1 Å². The number of anilines is 2. The van der Waals surface area contributed by atoms with Crippen LogP contribution in [0.2, 0.25) is 0 Å². The molecule has 9 heteroatoms. The Morgan fingerprint density at radius 2 is 2.10 bits per heavy atom. The Bertz CT molecular complexity index is 1180. The molecule has 3 heterocycles. The van der Waals surface area contributed by atoms with E-state index >= 15 is 0 Å². The lowest BCUT2D eigenvalue weighted by Crippen LogP contribution is -2.15. The molecule has 3 aromatic heterocycles. The minimum Gasteiger partial charge on any atom is -0.423 e. The molecule has 0 saturated heterocycles. The van der Waals surface area contributed by atoms with Gasteiger partial charge in [-0.15, -0.1) is 12.4 Å². The molecule has 0 spiro atoms. The van der Waals surface area contributed by atoms with E-state index in [-0.39, 0.29) is 18.1 Å². The largest absolute Gasteiger partial charge is 0.423 e. The van der Waals surface area contributed by atoms with E-state index in [1.54, 1.807) is 36.9 Å². The molecule has 0 radical (unpaired) electrons. The van der Waals surface area contributed by atoms with Crippen molar-refractivity contribution in [1.82, 2.24) is 19.5 Å². The van der Waals surface area contributed by atoms with Gasteiger partial charge in [0.25, 0.3) is 6.01 Å². The van der Waals surface area contributed by atoms with E-state index in [1.165, 1.54) is 4.57 Å². The van der Waals surface area contributed by atoms with Crippen LogP contribution in [-0.4, -0.2) is 26.1 Å². The van der Waals surface area contributed by atoms with E-state index in [1.807, 2.05) is 32.0 Å². The van der Waals surface area contributed by atoms with Crippen LogP contribution in [0.4, 0.5) is 11.7 Å². The quantitative estimate of drug-likeness (QED) is 0.458. The van der Waals surface area contributed by atoms with Gasteiger partial charge in [-0.2, -0.15) is 0 Å². The zero-order valence-corrected chi connectivity index (χ0v) is 17.4. The fourth-order valence-corrected chi connectivity index (χ4v) is 2.90. The van der Waals surface area contributed by atoms with E-state index in [0.29, 0.717) is 30.8 Å². The highest BCUT2D eigenvalue weighted by atomic mass is 35.5. The molecule has 2 N–H and O–H groups in total. The molecule has 0 bridgehead atoms. The summed E-state index contributed by atoms with van der Waals surface area (Å²) in [6, 6.07) is 10.1. The number of halogens is 1. The molecule has 0 fully saturated rings. The summed E-state index contributed by atoms with van der Waals surface area (Å²) in [4.78, 5) is 23.0. The number of aryl methyl sites for hydroxylation is 1. The van der Waals surface area contributed by atoms with Gasteiger partial charge in [-0.25, -0.2) is 14.8 Å². The van der Waals surface area contributed by atoms with Gasteiger partial charge in [-0.3, -0.25) is 4.57 Å². The third-order valence-corrected chi connectivity index (χ3v) is 4.45. The number of nitrogens with zero attached hydrogens (tertiary/aromatic N) is 3. The number of oxazole rings is 1. The van der Waals surface area contributed by atoms with Crippen molar-refractivity contribution < 1.29 is 9.15 Å². The average Bonchev–Trinajstić information content (AvgIpc) is 3.38. The SMILES string of the molecule is CCOCc1ccc(C)c(Nc2ncc(-c3ccnc(-n4cc[nH]c4=O)c3)o2)c1.Cl. The standard InChI is InChI=1S/C21H21N5O3.ClH/c1-3-28-13-15-5-4-14(2)17(10-15)25-20-24-12-18(29-20)16-6-7-22-19(11-16)26-9-8-23-21(26)27;/h4-12H,3,13H2,1-2H3,(H,23,27)(H,24,25);1H. The number of pyridine rings is 1. The van der Waals surface area contributed by atoms with Crippen LogP contribution in [0.1, 0.15) is 18.1 Å². The Balaban J connectivity index is 0.00000256. The van der Waals surface area contributed by atoms with Crippen LogP contribution >= 0.6 is 12.4 Å². The lowest BCUT2D eigenvalue weighted by atomic mass is 10.1. The number of rotatable bonds is 7. The zero-order chi connectivity index (χ0) is 20.2. The van der Waals surface area contributed by atoms with E-state index in [4.69, 9.17) is 9.15 Å². The Hall–Kier alpha value is -3.36. The Labute approximate surface area is 179 Å². The van der Waals surface area contributed by atoms with Crippen LogP contribution in [-0.2, 0) is 11.3 Å². The molecule has 0 atom stereocenters. The maximum absolute atomic E-state index is 11.8. The van der Waals surface area contributed by atoms with Crippen molar-refractivity contribution in [3.63, 3.8) is 0 Å². The molecular weight excluding hydrogens is 406 g/mol. The molecule has 8 nitrogen and oxygen atoms in total. The van der Waals surface area contributed by atoms with E-state index in [0.717, 1.165) is 22.4 Å². The molecule has 0 amide bonds. The molecule has 0 unspecified atom stereocenters. The van der Waals surface area contributed by atoms with E-state index in [2.05, 4.69) is 20.3 Å². The maximum Gasteiger partial charge on any atom is 0.331 e. The third-order valence-electron chi connectivity index (χ3n) is 4.45. The van der Waals surface area contributed by atoms with Crippen molar-refractivity contribution in [3.05, 3.63) is 76.7 Å². The highest BCUT2D eigenvalue weighted by molar-refractivity contribution is 5.85. The number of H-pyrrole nitrogens is 1. The number of nitrogens with one attached hydrogen (secondary N) is 2. The van der Waals surface area contributed by atoms with Crippen LogP contribution < -0.4 is 11.0 Å². The number of benzene rings is 1. The predicted octanol–water partition coefficient (Wildman–Crippen LogP) is 4.23. The molecule has 4 rings (SSSR count). The second-order valence-corrected chi connectivity index (χ2v) is 6.48. The minimum absolute atomic E-state index is 0. The summed E-state index contributed by atoms with van der Waals surface area (Å²) >= 11 is 0. The Kier molecular flexibility index (Phi) is 6.71.